The third-order valence-electron chi connectivity index (χ3n) is 3.51. The molecular formula is C18H20N4O3. The van der Waals surface area contributed by atoms with Gasteiger partial charge in [-0.2, -0.15) is 5.10 Å². The van der Waals surface area contributed by atoms with Crippen molar-refractivity contribution >= 4 is 17.5 Å². The van der Waals surface area contributed by atoms with Gasteiger partial charge in [0.25, 0.3) is 11.8 Å². The number of allylic oxidation sites excluding steroid dienone is 1. The van der Waals surface area contributed by atoms with E-state index in [9.17, 15) is 9.59 Å². The largest absolute Gasteiger partial charge is 0.369 e. The lowest BCUT2D eigenvalue weighted by Gasteiger charge is -2.16. The van der Waals surface area contributed by atoms with Gasteiger partial charge in [-0.25, -0.2) is 0 Å². The summed E-state index contributed by atoms with van der Waals surface area (Å²) in [6.45, 7) is 11.4. The average Bonchev–Trinajstić information content (AvgIpc) is 2.88. The highest BCUT2D eigenvalue weighted by molar-refractivity contribution is 6.23. The van der Waals surface area contributed by atoms with Crippen molar-refractivity contribution in [3.05, 3.63) is 73.0 Å². The van der Waals surface area contributed by atoms with Gasteiger partial charge in [-0.1, -0.05) is 37.9 Å². The van der Waals surface area contributed by atoms with Crippen LogP contribution in [0.15, 0.2) is 67.0 Å². The number of hydrazone groups is 1. The molecule has 25 heavy (non-hydrogen) atoms. The van der Waals surface area contributed by atoms with Crippen molar-refractivity contribution in [2.45, 2.75) is 0 Å². The Hall–Kier alpha value is -3.19. The molecule has 2 rings (SSSR count). The number of carbonyl (C=O) groups is 2. The number of hydrogen-bond donors (Lipinski definition) is 2. The summed E-state index contributed by atoms with van der Waals surface area (Å²) in [6, 6.07) is 6.71. The minimum atomic E-state index is -0.350. The zero-order chi connectivity index (χ0) is 18.2. The molecule has 1 heterocycles. The van der Waals surface area contributed by atoms with E-state index in [0.29, 0.717) is 22.4 Å². The molecule has 7 heteroatoms. The van der Waals surface area contributed by atoms with E-state index in [1.54, 1.807) is 24.3 Å². The van der Waals surface area contributed by atoms with Crippen LogP contribution in [0.25, 0.3) is 0 Å². The highest BCUT2D eigenvalue weighted by atomic mass is 16.5. The van der Waals surface area contributed by atoms with Crippen LogP contribution in [-0.2, 0) is 4.74 Å². The minimum absolute atomic E-state index is 0.00485. The topological polar surface area (TPSA) is 83.0 Å². The van der Waals surface area contributed by atoms with Crippen LogP contribution in [0.3, 0.4) is 0 Å². The molecule has 0 unspecified atom stereocenters. The predicted octanol–water partition coefficient (Wildman–Crippen LogP) is 1.64. The predicted molar refractivity (Wildman–Crippen MR) is 95.9 cm³/mol. The van der Waals surface area contributed by atoms with Gasteiger partial charge < -0.3 is 10.1 Å². The maximum Gasteiger partial charge on any atom is 0.261 e. The highest BCUT2D eigenvalue weighted by Crippen LogP contribution is 2.22. The van der Waals surface area contributed by atoms with Crippen LogP contribution in [0.4, 0.5) is 0 Å². The Morgan fingerprint density at radius 2 is 1.80 bits per heavy atom. The molecule has 0 radical (unpaired) electrons. The monoisotopic (exact) mass is 340 g/mol. The Balaban J connectivity index is 2.06. The molecule has 2 N–H and O–H groups in total. The Kier molecular flexibility index (Phi) is 6.25. The SMILES string of the molecule is C=CNCOCN/N=C(/CN1C(=O)c2ccccc2C1=O)C(=C)C=C. The highest BCUT2D eigenvalue weighted by Gasteiger charge is 2.35. The number of nitrogens with one attached hydrogen (secondary N) is 2. The second-order valence-corrected chi connectivity index (χ2v) is 5.09. The second-order valence-electron chi connectivity index (χ2n) is 5.09. The number of fused-ring (bicyclic) bond motifs is 1. The molecule has 130 valence electrons. The summed E-state index contributed by atoms with van der Waals surface area (Å²) < 4.78 is 5.20. The van der Waals surface area contributed by atoms with Gasteiger partial charge in [0, 0.05) is 0 Å². The summed E-state index contributed by atoms with van der Waals surface area (Å²) >= 11 is 0. The van der Waals surface area contributed by atoms with Crippen molar-refractivity contribution in [2.75, 3.05) is 20.0 Å². The van der Waals surface area contributed by atoms with Gasteiger partial charge in [0.2, 0.25) is 0 Å². The molecule has 0 atom stereocenters. The van der Waals surface area contributed by atoms with Gasteiger partial charge in [0.15, 0.2) is 0 Å². The van der Waals surface area contributed by atoms with Crippen molar-refractivity contribution < 1.29 is 14.3 Å². The van der Waals surface area contributed by atoms with Gasteiger partial charge in [-0.05, 0) is 23.9 Å². The summed E-state index contributed by atoms with van der Waals surface area (Å²) in [5.74, 6) is -0.701. The molecule has 0 saturated heterocycles. The molecule has 1 aliphatic heterocycles. The number of amides is 2. The molecule has 0 aliphatic carbocycles. The van der Waals surface area contributed by atoms with Crippen LogP contribution >= 0.6 is 0 Å². The summed E-state index contributed by atoms with van der Waals surface area (Å²) in [5.41, 5.74) is 4.43. The number of ether oxygens (including phenoxy) is 1. The molecule has 7 nitrogen and oxygen atoms in total. The first-order valence-corrected chi connectivity index (χ1v) is 7.58. The smallest absolute Gasteiger partial charge is 0.261 e. The molecule has 0 aromatic heterocycles. The third-order valence-corrected chi connectivity index (χ3v) is 3.51. The molecule has 1 aliphatic rings. The number of nitrogens with zero attached hydrogens (tertiary/aromatic N) is 2. The molecule has 0 bridgehead atoms. The normalized spacial score (nSPS) is 13.4. The lowest BCUT2D eigenvalue weighted by molar-refractivity contribution is 0.0677. The number of benzene rings is 1. The molecule has 0 saturated carbocycles. The molecule has 0 fully saturated rings. The van der Waals surface area contributed by atoms with E-state index in [-0.39, 0.29) is 31.8 Å². The lowest BCUT2D eigenvalue weighted by Crippen LogP contribution is -2.36. The van der Waals surface area contributed by atoms with Crippen molar-refractivity contribution in [3.63, 3.8) is 0 Å². The fourth-order valence-electron chi connectivity index (χ4n) is 2.20. The van der Waals surface area contributed by atoms with Gasteiger partial charge in [0.05, 0.1) is 23.4 Å². The van der Waals surface area contributed by atoms with E-state index < -0.39 is 0 Å². The number of rotatable bonds is 10. The van der Waals surface area contributed by atoms with Gasteiger partial charge >= 0.3 is 0 Å². The van der Waals surface area contributed by atoms with E-state index in [1.807, 2.05) is 0 Å². The van der Waals surface area contributed by atoms with Crippen LogP contribution < -0.4 is 10.7 Å². The van der Waals surface area contributed by atoms with E-state index >= 15 is 0 Å². The first kappa shape index (κ1) is 18.2. The zero-order valence-electron chi connectivity index (χ0n) is 13.8. The van der Waals surface area contributed by atoms with Crippen LogP contribution in [0.5, 0.6) is 0 Å². The minimum Gasteiger partial charge on any atom is -0.369 e. The standard InChI is InChI=1S/C18H20N4O3/c1-4-13(3)16(21-20-12-25-11-19-5-2)10-22-17(23)14-8-6-7-9-15(14)18(22)24/h4-9,19-20H,1-3,10-12H2/b21-16-. The second kappa shape index (κ2) is 8.60. The van der Waals surface area contributed by atoms with E-state index in [2.05, 4.69) is 35.6 Å². The molecule has 1 aromatic rings. The van der Waals surface area contributed by atoms with Crippen molar-refractivity contribution in [2.24, 2.45) is 5.10 Å². The Labute approximate surface area is 146 Å². The Morgan fingerprint density at radius 1 is 1.16 bits per heavy atom. The van der Waals surface area contributed by atoms with Gasteiger partial charge in [-0.15, -0.1) is 0 Å². The van der Waals surface area contributed by atoms with Crippen LogP contribution in [0.2, 0.25) is 0 Å². The Bertz CT molecular complexity index is 705. The van der Waals surface area contributed by atoms with Gasteiger partial charge in [-0.3, -0.25) is 19.9 Å². The first-order valence-electron chi connectivity index (χ1n) is 7.58. The third kappa shape index (κ3) is 4.21. The lowest BCUT2D eigenvalue weighted by atomic mass is 10.1. The summed E-state index contributed by atoms with van der Waals surface area (Å²) in [7, 11) is 0. The number of imide groups is 1. The maximum atomic E-state index is 12.4. The van der Waals surface area contributed by atoms with Crippen molar-refractivity contribution in [1.82, 2.24) is 15.6 Å². The fraction of sp³-hybridized carbons (Fsp3) is 0.167. The molecule has 0 spiro atoms. The maximum absolute atomic E-state index is 12.4. The molecule has 1 aromatic carbocycles. The molecule has 2 amide bonds. The van der Waals surface area contributed by atoms with E-state index in [0.717, 1.165) is 4.90 Å². The van der Waals surface area contributed by atoms with Crippen LogP contribution in [-0.4, -0.2) is 42.4 Å². The zero-order valence-corrected chi connectivity index (χ0v) is 13.8. The first-order chi connectivity index (χ1) is 12.1. The summed E-state index contributed by atoms with van der Waals surface area (Å²) in [5, 5.41) is 6.93. The fourth-order valence-corrected chi connectivity index (χ4v) is 2.20. The van der Waals surface area contributed by atoms with Crippen LogP contribution in [0, 0.1) is 0 Å². The average molecular weight is 340 g/mol. The molecular weight excluding hydrogens is 320 g/mol. The summed E-state index contributed by atoms with van der Waals surface area (Å²) in [6.07, 6.45) is 3.02. The number of carbonyl (C=O) groups excluding carboxylic acids is 2. The van der Waals surface area contributed by atoms with Crippen LogP contribution in [0.1, 0.15) is 20.7 Å². The Morgan fingerprint density at radius 3 is 2.36 bits per heavy atom. The summed E-state index contributed by atoms with van der Waals surface area (Å²) in [4.78, 5) is 26.0. The van der Waals surface area contributed by atoms with Gasteiger partial charge in [0.1, 0.15) is 13.5 Å². The van der Waals surface area contributed by atoms with E-state index in [1.165, 1.54) is 12.3 Å². The van der Waals surface area contributed by atoms with Crippen molar-refractivity contribution in [1.29, 1.82) is 0 Å². The van der Waals surface area contributed by atoms with E-state index in [4.69, 9.17) is 4.74 Å². The van der Waals surface area contributed by atoms with Crippen molar-refractivity contribution in [3.8, 4) is 0 Å². The quantitative estimate of drug-likeness (QED) is 0.169. The number of hydrogen-bond acceptors (Lipinski definition) is 6.